The summed E-state index contributed by atoms with van der Waals surface area (Å²) in [6.45, 7) is 9.75. The Morgan fingerprint density at radius 1 is 1.00 bits per heavy atom. The van der Waals surface area contributed by atoms with Gasteiger partial charge in [-0.2, -0.15) is 0 Å². The molecule has 2 heteroatoms. The molecule has 0 amide bonds. The maximum Gasteiger partial charge on any atom is 0.00189 e. The van der Waals surface area contributed by atoms with E-state index < -0.39 is 0 Å². The van der Waals surface area contributed by atoms with Gasteiger partial charge >= 0.3 is 0 Å². The highest BCUT2D eigenvalue weighted by atomic mass is 15.1. The number of likely N-dealkylation sites (N-methyl/N-ethyl adjacent to an activating group) is 1. The van der Waals surface area contributed by atoms with Crippen molar-refractivity contribution in [3.05, 3.63) is 34.4 Å². The van der Waals surface area contributed by atoms with Gasteiger partial charge in [0.25, 0.3) is 0 Å². The fourth-order valence-corrected chi connectivity index (χ4v) is 2.23. The summed E-state index contributed by atoms with van der Waals surface area (Å²) < 4.78 is 0. The quantitative estimate of drug-likeness (QED) is 0.752. The van der Waals surface area contributed by atoms with Crippen LogP contribution in [0.25, 0.3) is 0 Å². The Kier molecular flexibility index (Phi) is 6.37. The van der Waals surface area contributed by atoms with Crippen molar-refractivity contribution in [2.45, 2.75) is 40.0 Å². The average Bonchev–Trinajstić information content (AvgIpc) is 2.35. The molecular weight excluding hydrogens is 220 g/mol. The third-order valence-electron chi connectivity index (χ3n) is 3.93. The highest BCUT2D eigenvalue weighted by Crippen LogP contribution is 2.17. The normalized spacial score (nSPS) is 11.2. The molecule has 2 N–H and O–H groups in total. The number of nitrogens with two attached hydrogens (primary N) is 1. The molecule has 0 atom stereocenters. The molecular formula is C16H28N2. The van der Waals surface area contributed by atoms with Gasteiger partial charge in [0.1, 0.15) is 0 Å². The van der Waals surface area contributed by atoms with Crippen molar-refractivity contribution in [3.8, 4) is 0 Å². The van der Waals surface area contributed by atoms with Crippen LogP contribution in [0.15, 0.2) is 12.1 Å². The molecule has 1 aromatic carbocycles. The van der Waals surface area contributed by atoms with Gasteiger partial charge in [-0.1, -0.05) is 12.1 Å². The highest BCUT2D eigenvalue weighted by Gasteiger charge is 2.05. The van der Waals surface area contributed by atoms with Gasteiger partial charge in [0.05, 0.1) is 0 Å². The first kappa shape index (κ1) is 15.2. The minimum Gasteiger partial charge on any atom is -0.330 e. The van der Waals surface area contributed by atoms with Gasteiger partial charge < -0.3 is 10.6 Å². The van der Waals surface area contributed by atoms with Gasteiger partial charge in [-0.3, -0.25) is 0 Å². The molecule has 1 rings (SSSR count). The first-order valence-corrected chi connectivity index (χ1v) is 7.00. The molecule has 0 radical (unpaired) electrons. The lowest BCUT2D eigenvalue weighted by atomic mass is 9.97. The Hall–Kier alpha value is -0.860. The van der Waals surface area contributed by atoms with Crippen molar-refractivity contribution >= 4 is 0 Å². The molecule has 0 bridgehead atoms. The molecule has 0 fully saturated rings. The molecule has 1 aromatic rings. The number of unbranched alkanes of at least 4 members (excludes halogenated alkanes) is 1. The summed E-state index contributed by atoms with van der Waals surface area (Å²) >= 11 is 0. The zero-order valence-corrected chi connectivity index (χ0v) is 12.4. The molecule has 102 valence electrons. The van der Waals surface area contributed by atoms with E-state index in [9.17, 15) is 0 Å². The van der Waals surface area contributed by atoms with E-state index in [2.05, 4.69) is 44.9 Å². The first-order chi connectivity index (χ1) is 8.56. The van der Waals surface area contributed by atoms with E-state index in [0.29, 0.717) is 0 Å². The average molecular weight is 248 g/mol. The number of aryl methyl sites for hydroxylation is 1. The van der Waals surface area contributed by atoms with E-state index >= 15 is 0 Å². The van der Waals surface area contributed by atoms with Crippen LogP contribution in [0.5, 0.6) is 0 Å². The van der Waals surface area contributed by atoms with Crippen LogP contribution in [-0.2, 0) is 6.42 Å². The summed E-state index contributed by atoms with van der Waals surface area (Å²) in [7, 11) is 2.20. The topological polar surface area (TPSA) is 29.3 Å². The predicted molar refractivity (Wildman–Crippen MR) is 80.1 cm³/mol. The van der Waals surface area contributed by atoms with Crippen molar-refractivity contribution < 1.29 is 0 Å². The number of benzene rings is 1. The van der Waals surface area contributed by atoms with Gasteiger partial charge in [0, 0.05) is 6.54 Å². The fraction of sp³-hybridized carbons (Fsp3) is 0.625. The second-order valence-electron chi connectivity index (χ2n) is 5.34. The van der Waals surface area contributed by atoms with Crippen LogP contribution in [0.4, 0.5) is 0 Å². The molecule has 2 nitrogen and oxygen atoms in total. The van der Waals surface area contributed by atoms with Crippen molar-refractivity contribution in [1.82, 2.24) is 4.90 Å². The zero-order chi connectivity index (χ0) is 13.5. The fourth-order valence-electron chi connectivity index (χ4n) is 2.23. The van der Waals surface area contributed by atoms with Crippen LogP contribution in [0.2, 0.25) is 0 Å². The predicted octanol–water partition coefficient (Wildman–Crippen LogP) is 2.83. The van der Waals surface area contributed by atoms with Gasteiger partial charge in [-0.15, -0.1) is 0 Å². The molecule has 0 saturated heterocycles. The molecule has 0 aliphatic rings. The molecule has 0 unspecified atom stereocenters. The van der Waals surface area contributed by atoms with E-state index in [1.165, 1.54) is 28.7 Å². The lowest BCUT2D eigenvalue weighted by molar-refractivity contribution is 0.330. The standard InChI is InChI=1S/C16H28N2/c1-13-7-8-16(15(3)14(13)2)9-12-18(4)11-6-5-10-17/h7-8H,5-6,9-12,17H2,1-4H3. The summed E-state index contributed by atoms with van der Waals surface area (Å²) in [5.74, 6) is 0. The van der Waals surface area contributed by atoms with E-state index in [1.54, 1.807) is 0 Å². The summed E-state index contributed by atoms with van der Waals surface area (Å²) in [5, 5.41) is 0. The number of rotatable bonds is 7. The second-order valence-corrected chi connectivity index (χ2v) is 5.34. The van der Waals surface area contributed by atoms with Crippen LogP contribution in [0.1, 0.15) is 35.1 Å². The highest BCUT2D eigenvalue weighted by molar-refractivity contribution is 5.38. The van der Waals surface area contributed by atoms with Crippen molar-refractivity contribution in [3.63, 3.8) is 0 Å². The van der Waals surface area contributed by atoms with Crippen LogP contribution in [0.3, 0.4) is 0 Å². The molecule has 0 spiro atoms. The number of nitrogens with zero attached hydrogens (tertiary/aromatic N) is 1. The van der Waals surface area contributed by atoms with Gasteiger partial charge in [-0.05, 0) is 82.4 Å². The molecule has 18 heavy (non-hydrogen) atoms. The van der Waals surface area contributed by atoms with Crippen LogP contribution in [-0.4, -0.2) is 31.6 Å². The largest absolute Gasteiger partial charge is 0.330 e. The van der Waals surface area contributed by atoms with Crippen molar-refractivity contribution in [2.75, 3.05) is 26.7 Å². The van der Waals surface area contributed by atoms with Crippen molar-refractivity contribution in [2.24, 2.45) is 5.73 Å². The minimum atomic E-state index is 0.810. The van der Waals surface area contributed by atoms with E-state index in [4.69, 9.17) is 5.73 Å². The maximum atomic E-state index is 5.51. The van der Waals surface area contributed by atoms with Crippen LogP contribution in [0, 0.1) is 20.8 Å². The Bertz CT molecular complexity index is 372. The third-order valence-corrected chi connectivity index (χ3v) is 3.93. The second kappa shape index (κ2) is 7.55. The van der Waals surface area contributed by atoms with Gasteiger partial charge in [0.2, 0.25) is 0 Å². The number of hydrogen-bond donors (Lipinski definition) is 1. The Balaban J connectivity index is 2.46. The smallest absolute Gasteiger partial charge is 0.00189 e. The summed E-state index contributed by atoms with van der Waals surface area (Å²) in [6.07, 6.45) is 3.48. The lowest BCUT2D eigenvalue weighted by Crippen LogP contribution is -2.23. The maximum absolute atomic E-state index is 5.51. The molecule has 0 heterocycles. The van der Waals surface area contributed by atoms with E-state index in [0.717, 1.165) is 32.5 Å². The first-order valence-electron chi connectivity index (χ1n) is 7.00. The minimum absolute atomic E-state index is 0.810. The van der Waals surface area contributed by atoms with Gasteiger partial charge in [-0.25, -0.2) is 0 Å². The molecule has 0 aliphatic carbocycles. The third kappa shape index (κ3) is 4.43. The van der Waals surface area contributed by atoms with E-state index in [-0.39, 0.29) is 0 Å². The SMILES string of the molecule is Cc1ccc(CCN(C)CCCCN)c(C)c1C. The van der Waals surface area contributed by atoms with Crippen LogP contribution < -0.4 is 5.73 Å². The summed E-state index contributed by atoms with van der Waals surface area (Å²) in [6, 6.07) is 4.53. The van der Waals surface area contributed by atoms with Crippen molar-refractivity contribution in [1.29, 1.82) is 0 Å². The Morgan fingerprint density at radius 2 is 1.72 bits per heavy atom. The van der Waals surface area contributed by atoms with Gasteiger partial charge in [0.15, 0.2) is 0 Å². The zero-order valence-electron chi connectivity index (χ0n) is 12.4. The number of hydrogen-bond acceptors (Lipinski definition) is 2. The van der Waals surface area contributed by atoms with Crippen LogP contribution >= 0.6 is 0 Å². The Labute approximate surface area is 112 Å². The molecule has 0 aliphatic heterocycles. The Morgan fingerprint density at radius 3 is 2.39 bits per heavy atom. The monoisotopic (exact) mass is 248 g/mol. The summed E-state index contributed by atoms with van der Waals surface area (Å²) in [5.41, 5.74) is 11.3. The lowest BCUT2D eigenvalue weighted by Gasteiger charge is -2.18. The van der Waals surface area contributed by atoms with E-state index in [1.807, 2.05) is 0 Å². The molecule has 0 aromatic heterocycles. The molecule has 0 saturated carbocycles. The summed E-state index contributed by atoms with van der Waals surface area (Å²) in [4.78, 5) is 2.41.